The highest BCUT2D eigenvalue weighted by atomic mass is 32.1. The van der Waals surface area contributed by atoms with Gasteiger partial charge in [-0.1, -0.05) is 0 Å². The Morgan fingerprint density at radius 1 is 1.17 bits per heavy atom. The zero-order valence-corrected chi connectivity index (χ0v) is 14.2. The standard InChI is InChI=1S/C16H16N2O5S/c1-16(2,3)23-15(20)17(13-5-4-10-24-13)14(19)11-6-8-12(9-7-11)18(21)22/h4-10H,1-3H3. The summed E-state index contributed by atoms with van der Waals surface area (Å²) in [7, 11) is 0. The van der Waals surface area contributed by atoms with Gasteiger partial charge in [-0.3, -0.25) is 14.9 Å². The van der Waals surface area contributed by atoms with Crippen molar-refractivity contribution in [2.24, 2.45) is 0 Å². The third-order valence-corrected chi connectivity index (χ3v) is 3.68. The van der Waals surface area contributed by atoms with Gasteiger partial charge in [-0.25, -0.2) is 9.69 Å². The Morgan fingerprint density at radius 3 is 2.25 bits per heavy atom. The number of carbonyl (C=O) groups is 2. The van der Waals surface area contributed by atoms with Crippen LogP contribution in [0.2, 0.25) is 0 Å². The first kappa shape index (κ1) is 17.6. The molecule has 0 saturated heterocycles. The molecule has 0 N–H and O–H groups in total. The highest BCUT2D eigenvalue weighted by Gasteiger charge is 2.30. The lowest BCUT2D eigenvalue weighted by Crippen LogP contribution is -2.40. The first-order valence-electron chi connectivity index (χ1n) is 7.04. The molecule has 7 nitrogen and oxygen atoms in total. The molecule has 1 heterocycles. The zero-order valence-electron chi connectivity index (χ0n) is 13.4. The van der Waals surface area contributed by atoms with Crippen molar-refractivity contribution in [1.82, 2.24) is 0 Å². The number of non-ortho nitro benzene ring substituents is 1. The average molecular weight is 348 g/mol. The molecular weight excluding hydrogens is 332 g/mol. The summed E-state index contributed by atoms with van der Waals surface area (Å²) in [4.78, 5) is 36.2. The molecule has 0 saturated carbocycles. The number of imide groups is 1. The lowest BCUT2D eigenvalue weighted by Gasteiger charge is -2.25. The normalized spacial score (nSPS) is 11.0. The van der Waals surface area contributed by atoms with Crippen LogP contribution in [0.3, 0.4) is 0 Å². The van der Waals surface area contributed by atoms with Crippen molar-refractivity contribution in [2.75, 3.05) is 4.90 Å². The van der Waals surface area contributed by atoms with Crippen molar-refractivity contribution in [2.45, 2.75) is 26.4 Å². The van der Waals surface area contributed by atoms with E-state index in [2.05, 4.69) is 0 Å². The molecule has 0 aliphatic rings. The molecule has 1 aromatic carbocycles. The van der Waals surface area contributed by atoms with Gasteiger partial charge < -0.3 is 4.74 Å². The van der Waals surface area contributed by atoms with Crippen molar-refractivity contribution in [3.05, 3.63) is 57.5 Å². The summed E-state index contributed by atoms with van der Waals surface area (Å²) in [5.41, 5.74) is -0.742. The number of nitro groups is 1. The number of hydrogen-bond acceptors (Lipinski definition) is 6. The fourth-order valence-corrected chi connectivity index (χ4v) is 2.55. The zero-order chi connectivity index (χ0) is 17.9. The van der Waals surface area contributed by atoms with E-state index in [4.69, 9.17) is 4.74 Å². The fraction of sp³-hybridized carbons (Fsp3) is 0.250. The smallest absolute Gasteiger partial charge is 0.422 e. The van der Waals surface area contributed by atoms with Gasteiger partial charge in [0.05, 0.1) is 4.92 Å². The van der Waals surface area contributed by atoms with Crippen molar-refractivity contribution in [3.63, 3.8) is 0 Å². The summed E-state index contributed by atoms with van der Waals surface area (Å²) in [6.07, 6.45) is -0.798. The lowest BCUT2D eigenvalue weighted by atomic mass is 10.2. The van der Waals surface area contributed by atoms with E-state index < -0.39 is 22.5 Å². The molecule has 24 heavy (non-hydrogen) atoms. The number of ether oxygens (including phenoxy) is 1. The Labute approximate surface area is 142 Å². The maximum Gasteiger partial charge on any atom is 0.422 e. The van der Waals surface area contributed by atoms with Crippen LogP contribution in [0.15, 0.2) is 41.8 Å². The van der Waals surface area contributed by atoms with Gasteiger partial charge in [0.1, 0.15) is 10.6 Å². The summed E-state index contributed by atoms with van der Waals surface area (Å²) in [6, 6.07) is 8.39. The monoisotopic (exact) mass is 348 g/mol. The van der Waals surface area contributed by atoms with Crippen molar-refractivity contribution >= 4 is 34.0 Å². The third-order valence-electron chi connectivity index (χ3n) is 2.83. The molecule has 0 atom stereocenters. The number of amides is 2. The van der Waals surface area contributed by atoms with Crippen LogP contribution in [-0.2, 0) is 4.74 Å². The number of anilines is 1. The number of thiophene rings is 1. The summed E-state index contributed by atoms with van der Waals surface area (Å²) in [5.74, 6) is -0.610. The van der Waals surface area contributed by atoms with Crippen LogP contribution in [0.4, 0.5) is 15.5 Å². The maximum atomic E-state index is 12.7. The van der Waals surface area contributed by atoms with Crippen LogP contribution in [0, 0.1) is 10.1 Å². The van der Waals surface area contributed by atoms with Crippen molar-refractivity contribution in [1.29, 1.82) is 0 Å². The number of rotatable bonds is 3. The van der Waals surface area contributed by atoms with E-state index in [1.165, 1.54) is 35.6 Å². The van der Waals surface area contributed by atoms with Crippen molar-refractivity contribution < 1.29 is 19.2 Å². The van der Waals surface area contributed by atoms with Gasteiger partial charge in [0.2, 0.25) is 0 Å². The van der Waals surface area contributed by atoms with Gasteiger partial charge in [0.25, 0.3) is 11.6 Å². The number of nitro benzene ring substituents is 1. The third kappa shape index (κ3) is 4.17. The van der Waals surface area contributed by atoms with E-state index in [1.54, 1.807) is 38.3 Å². The molecule has 2 amide bonds. The minimum atomic E-state index is -0.798. The second-order valence-electron chi connectivity index (χ2n) is 5.88. The van der Waals surface area contributed by atoms with Gasteiger partial charge in [0, 0.05) is 17.7 Å². The Balaban J connectivity index is 2.34. The van der Waals surface area contributed by atoms with E-state index in [-0.39, 0.29) is 11.3 Å². The molecule has 1 aromatic heterocycles. The SMILES string of the molecule is CC(C)(C)OC(=O)N(C(=O)c1ccc([N+](=O)[O-])cc1)c1cccs1. The molecular formula is C16H16N2O5S. The second-order valence-corrected chi connectivity index (χ2v) is 6.80. The minimum absolute atomic E-state index is 0.133. The Bertz CT molecular complexity index is 748. The molecule has 0 spiro atoms. The van der Waals surface area contributed by atoms with Gasteiger partial charge in [-0.05, 0) is 50.4 Å². The average Bonchev–Trinajstić information content (AvgIpc) is 2.99. The van der Waals surface area contributed by atoms with Crippen LogP contribution < -0.4 is 4.90 Å². The first-order chi connectivity index (χ1) is 11.2. The molecule has 0 fully saturated rings. The molecule has 0 radical (unpaired) electrons. The molecule has 126 valence electrons. The highest BCUT2D eigenvalue weighted by molar-refractivity contribution is 7.14. The molecule has 0 bridgehead atoms. The van der Waals surface area contributed by atoms with Crippen LogP contribution in [0.1, 0.15) is 31.1 Å². The van der Waals surface area contributed by atoms with Crippen molar-refractivity contribution in [3.8, 4) is 0 Å². The van der Waals surface area contributed by atoms with E-state index in [0.717, 1.165) is 4.90 Å². The summed E-state index contributed by atoms with van der Waals surface area (Å²) in [6.45, 7) is 5.11. The van der Waals surface area contributed by atoms with Crippen LogP contribution in [-0.4, -0.2) is 22.5 Å². The number of carbonyl (C=O) groups excluding carboxylic acids is 2. The minimum Gasteiger partial charge on any atom is -0.443 e. The first-order valence-corrected chi connectivity index (χ1v) is 7.92. The van der Waals surface area contributed by atoms with Crippen LogP contribution in [0.5, 0.6) is 0 Å². The summed E-state index contributed by atoms with van der Waals surface area (Å²) in [5, 5.41) is 12.8. The molecule has 2 rings (SSSR count). The Hall–Kier alpha value is -2.74. The fourth-order valence-electron chi connectivity index (χ4n) is 1.83. The molecule has 0 aliphatic carbocycles. The molecule has 8 heteroatoms. The highest BCUT2D eigenvalue weighted by Crippen LogP contribution is 2.26. The Kier molecular flexibility index (Phi) is 4.99. The predicted molar refractivity (Wildman–Crippen MR) is 90.5 cm³/mol. The second kappa shape index (κ2) is 6.79. The predicted octanol–water partition coefficient (Wildman–Crippen LogP) is 4.24. The lowest BCUT2D eigenvalue weighted by molar-refractivity contribution is -0.384. The van der Waals surface area contributed by atoms with E-state index >= 15 is 0 Å². The Morgan fingerprint density at radius 2 is 1.79 bits per heavy atom. The molecule has 2 aromatic rings. The topological polar surface area (TPSA) is 89.8 Å². The summed E-state index contributed by atoms with van der Waals surface area (Å²) >= 11 is 1.21. The summed E-state index contributed by atoms with van der Waals surface area (Å²) < 4.78 is 5.29. The number of nitrogens with zero attached hydrogens (tertiary/aromatic N) is 2. The van der Waals surface area contributed by atoms with Gasteiger partial charge in [-0.2, -0.15) is 0 Å². The molecule has 0 unspecified atom stereocenters. The quantitative estimate of drug-likeness (QED) is 0.611. The largest absolute Gasteiger partial charge is 0.443 e. The van der Waals surface area contributed by atoms with E-state index in [0.29, 0.717) is 5.00 Å². The number of benzene rings is 1. The van der Waals surface area contributed by atoms with Gasteiger partial charge >= 0.3 is 6.09 Å². The van der Waals surface area contributed by atoms with Crippen LogP contribution in [0.25, 0.3) is 0 Å². The number of hydrogen-bond donors (Lipinski definition) is 0. The van der Waals surface area contributed by atoms with Gasteiger partial charge in [-0.15, -0.1) is 11.3 Å². The maximum absolute atomic E-state index is 12.7. The molecule has 0 aliphatic heterocycles. The van der Waals surface area contributed by atoms with Crippen LogP contribution >= 0.6 is 11.3 Å². The van der Waals surface area contributed by atoms with E-state index in [1.807, 2.05) is 0 Å². The van der Waals surface area contributed by atoms with E-state index in [9.17, 15) is 19.7 Å². The van der Waals surface area contributed by atoms with Gasteiger partial charge in [0.15, 0.2) is 0 Å².